The van der Waals surface area contributed by atoms with Gasteiger partial charge in [0.25, 0.3) is 0 Å². The summed E-state index contributed by atoms with van der Waals surface area (Å²) in [5.41, 5.74) is 13.3. The lowest BCUT2D eigenvalue weighted by Crippen LogP contribution is -1.94. The van der Waals surface area contributed by atoms with Gasteiger partial charge < -0.3 is 4.57 Å². The zero-order chi connectivity index (χ0) is 28.6. The smallest absolute Gasteiger partial charge is 0.0541 e. The normalized spacial score (nSPS) is 11.3. The van der Waals surface area contributed by atoms with E-state index in [0.29, 0.717) is 0 Å². The fourth-order valence-electron chi connectivity index (χ4n) is 6.29. The van der Waals surface area contributed by atoms with Gasteiger partial charge in [0.2, 0.25) is 0 Å². The van der Waals surface area contributed by atoms with E-state index in [0.717, 1.165) is 5.69 Å². The topological polar surface area (TPSA) is 4.93 Å². The molecule has 0 saturated heterocycles. The molecular formula is C42H29N. The summed E-state index contributed by atoms with van der Waals surface area (Å²) in [5, 5.41) is 2.55. The number of para-hydroxylation sites is 2. The molecule has 43 heavy (non-hydrogen) atoms. The van der Waals surface area contributed by atoms with E-state index in [1.807, 2.05) is 0 Å². The van der Waals surface area contributed by atoms with Crippen molar-refractivity contribution >= 4 is 21.8 Å². The number of fused-ring (bicyclic) bond motifs is 3. The first kappa shape index (κ1) is 25.1. The van der Waals surface area contributed by atoms with E-state index in [1.54, 1.807) is 0 Å². The molecule has 8 aromatic rings. The Bertz CT molecular complexity index is 2110. The number of rotatable bonds is 5. The SMILES string of the molecule is c1ccc(-c2cc(-c3ccccc3)cc(-c3cccc(-c4cccc(-n5c6ccccc6c6ccccc65)c4)c3)c2)cc1. The van der Waals surface area contributed by atoms with Crippen LogP contribution in [0.2, 0.25) is 0 Å². The Balaban J connectivity index is 1.25. The minimum absolute atomic E-state index is 1.16. The van der Waals surface area contributed by atoms with Gasteiger partial charge in [-0.1, -0.05) is 127 Å². The van der Waals surface area contributed by atoms with Crippen molar-refractivity contribution in [2.24, 2.45) is 0 Å². The third kappa shape index (κ3) is 4.62. The summed E-state index contributed by atoms with van der Waals surface area (Å²) in [6, 6.07) is 63.4. The molecule has 1 aromatic heterocycles. The fourth-order valence-corrected chi connectivity index (χ4v) is 6.29. The van der Waals surface area contributed by atoms with Crippen LogP contribution in [-0.4, -0.2) is 4.57 Å². The molecule has 0 aliphatic heterocycles. The van der Waals surface area contributed by atoms with Crippen molar-refractivity contribution in [3.8, 4) is 50.2 Å². The number of nitrogens with zero attached hydrogens (tertiary/aromatic N) is 1. The molecule has 0 aliphatic carbocycles. The van der Waals surface area contributed by atoms with Crippen molar-refractivity contribution in [3.05, 3.63) is 176 Å². The predicted octanol–water partition coefficient (Wildman–Crippen LogP) is 11.5. The van der Waals surface area contributed by atoms with Crippen molar-refractivity contribution in [1.82, 2.24) is 4.57 Å². The molecule has 8 rings (SSSR count). The molecule has 0 amide bonds. The van der Waals surface area contributed by atoms with Crippen molar-refractivity contribution in [3.63, 3.8) is 0 Å². The summed E-state index contributed by atoms with van der Waals surface area (Å²) in [6.07, 6.45) is 0. The largest absolute Gasteiger partial charge is 0.309 e. The van der Waals surface area contributed by atoms with Gasteiger partial charge in [-0.3, -0.25) is 0 Å². The summed E-state index contributed by atoms with van der Waals surface area (Å²) in [4.78, 5) is 0. The van der Waals surface area contributed by atoms with Crippen LogP contribution in [-0.2, 0) is 0 Å². The van der Waals surface area contributed by atoms with Crippen LogP contribution in [0.1, 0.15) is 0 Å². The lowest BCUT2D eigenvalue weighted by molar-refractivity contribution is 1.18. The molecule has 0 spiro atoms. The molecular weight excluding hydrogens is 518 g/mol. The number of benzene rings is 7. The van der Waals surface area contributed by atoms with Crippen LogP contribution < -0.4 is 0 Å². The molecule has 0 radical (unpaired) electrons. The van der Waals surface area contributed by atoms with Gasteiger partial charge in [0, 0.05) is 16.5 Å². The summed E-state index contributed by atoms with van der Waals surface area (Å²) >= 11 is 0. The second kappa shape index (κ2) is 10.6. The van der Waals surface area contributed by atoms with Gasteiger partial charge >= 0.3 is 0 Å². The van der Waals surface area contributed by atoms with E-state index >= 15 is 0 Å². The van der Waals surface area contributed by atoms with Crippen molar-refractivity contribution in [2.45, 2.75) is 0 Å². The Labute approximate surface area is 251 Å². The Morgan fingerprint density at radius 3 is 1.19 bits per heavy atom. The Morgan fingerprint density at radius 1 is 0.256 bits per heavy atom. The third-order valence-electron chi connectivity index (χ3n) is 8.36. The van der Waals surface area contributed by atoms with Gasteiger partial charge in [-0.2, -0.15) is 0 Å². The zero-order valence-electron chi connectivity index (χ0n) is 23.7. The van der Waals surface area contributed by atoms with E-state index in [9.17, 15) is 0 Å². The van der Waals surface area contributed by atoms with Crippen LogP contribution in [0.5, 0.6) is 0 Å². The summed E-state index contributed by atoms with van der Waals surface area (Å²) in [7, 11) is 0. The van der Waals surface area contributed by atoms with Gasteiger partial charge in [0.15, 0.2) is 0 Å². The summed E-state index contributed by atoms with van der Waals surface area (Å²) in [5.74, 6) is 0. The van der Waals surface area contributed by atoms with Gasteiger partial charge in [0.05, 0.1) is 11.0 Å². The molecule has 0 N–H and O–H groups in total. The Kier molecular flexibility index (Phi) is 6.20. The summed E-state index contributed by atoms with van der Waals surface area (Å²) < 4.78 is 2.38. The average Bonchev–Trinajstić information content (AvgIpc) is 3.43. The van der Waals surface area contributed by atoms with E-state index in [1.165, 1.54) is 66.3 Å². The van der Waals surface area contributed by atoms with Crippen LogP contribution in [0.4, 0.5) is 0 Å². The molecule has 0 saturated carbocycles. The van der Waals surface area contributed by atoms with Crippen LogP contribution in [0.25, 0.3) is 72.0 Å². The highest BCUT2D eigenvalue weighted by molar-refractivity contribution is 6.09. The van der Waals surface area contributed by atoms with E-state index in [4.69, 9.17) is 0 Å². The van der Waals surface area contributed by atoms with Gasteiger partial charge in [-0.05, 0) is 93.0 Å². The first-order valence-corrected chi connectivity index (χ1v) is 14.8. The molecule has 1 heteroatoms. The number of hydrogen-bond acceptors (Lipinski definition) is 0. The molecule has 0 bridgehead atoms. The molecule has 1 heterocycles. The fraction of sp³-hybridized carbons (Fsp3) is 0. The molecule has 0 atom stereocenters. The molecule has 7 aromatic carbocycles. The van der Waals surface area contributed by atoms with Gasteiger partial charge in [-0.25, -0.2) is 0 Å². The zero-order valence-corrected chi connectivity index (χ0v) is 23.7. The van der Waals surface area contributed by atoms with Crippen molar-refractivity contribution in [2.75, 3.05) is 0 Å². The number of hydrogen-bond donors (Lipinski definition) is 0. The second-order valence-corrected chi connectivity index (χ2v) is 11.0. The third-order valence-corrected chi connectivity index (χ3v) is 8.36. The molecule has 202 valence electrons. The Hall–Kier alpha value is -5.66. The van der Waals surface area contributed by atoms with Crippen LogP contribution >= 0.6 is 0 Å². The highest BCUT2D eigenvalue weighted by Crippen LogP contribution is 2.36. The average molecular weight is 548 g/mol. The highest BCUT2D eigenvalue weighted by Gasteiger charge is 2.13. The first-order chi connectivity index (χ1) is 21.3. The number of aromatic nitrogens is 1. The maximum absolute atomic E-state index is 2.38. The van der Waals surface area contributed by atoms with Crippen molar-refractivity contribution in [1.29, 1.82) is 0 Å². The highest BCUT2D eigenvalue weighted by atomic mass is 15.0. The molecule has 1 nitrogen and oxygen atoms in total. The monoisotopic (exact) mass is 547 g/mol. The molecule has 0 aliphatic rings. The summed E-state index contributed by atoms with van der Waals surface area (Å²) in [6.45, 7) is 0. The van der Waals surface area contributed by atoms with Crippen LogP contribution in [0.15, 0.2) is 176 Å². The van der Waals surface area contributed by atoms with Gasteiger partial charge in [0.1, 0.15) is 0 Å². The maximum Gasteiger partial charge on any atom is 0.0541 e. The van der Waals surface area contributed by atoms with Crippen LogP contribution in [0.3, 0.4) is 0 Å². The Morgan fingerprint density at radius 2 is 0.628 bits per heavy atom. The quantitative estimate of drug-likeness (QED) is 0.202. The second-order valence-electron chi connectivity index (χ2n) is 11.0. The molecule has 0 unspecified atom stereocenters. The standard InChI is InChI=1S/C42H29N/c1-3-13-30(14-4-1)35-26-36(31-15-5-2-6-16-31)28-37(27-35)33-18-11-17-32(25-33)34-19-12-20-38(29-34)43-41-23-9-7-21-39(41)40-22-8-10-24-42(40)43/h1-29H. The van der Waals surface area contributed by atoms with E-state index in [-0.39, 0.29) is 0 Å². The van der Waals surface area contributed by atoms with E-state index in [2.05, 4.69) is 180 Å². The lowest BCUT2D eigenvalue weighted by atomic mass is 9.92. The van der Waals surface area contributed by atoms with Gasteiger partial charge in [-0.15, -0.1) is 0 Å². The lowest BCUT2D eigenvalue weighted by Gasteiger charge is -2.13. The minimum atomic E-state index is 1.16. The minimum Gasteiger partial charge on any atom is -0.309 e. The van der Waals surface area contributed by atoms with Crippen molar-refractivity contribution < 1.29 is 0 Å². The van der Waals surface area contributed by atoms with Crippen LogP contribution in [0, 0.1) is 0 Å². The molecule has 0 fully saturated rings. The maximum atomic E-state index is 2.38. The predicted molar refractivity (Wildman–Crippen MR) is 183 cm³/mol. The van der Waals surface area contributed by atoms with E-state index < -0.39 is 0 Å². The first-order valence-electron chi connectivity index (χ1n) is 14.8.